The van der Waals surface area contributed by atoms with Crippen molar-refractivity contribution < 1.29 is 22.7 Å². The molecule has 1 N–H and O–H groups in total. The van der Waals surface area contributed by atoms with Crippen LogP contribution in [0.3, 0.4) is 0 Å². The van der Waals surface area contributed by atoms with E-state index in [1.165, 1.54) is 12.1 Å². The van der Waals surface area contributed by atoms with E-state index in [4.69, 9.17) is 11.6 Å². The largest absolute Gasteiger partial charge is 0.388 e. The molecule has 0 aliphatic rings. The minimum Gasteiger partial charge on any atom is -0.388 e. The van der Waals surface area contributed by atoms with E-state index in [9.17, 15) is 22.7 Å². The lowest BCUT2D eigenvalue weighted by atomic mass is 10.0. The van der Waals surface area contributed by atoms with Crippen LogP contribution in [0.4, 0.5) is 17.6 Å². The molecule has 0 fully saturated rings. The molecule has 1 nitrogen and oxygen atoms in total. The van der Waals surface area contributed by atoms with Crippen LogP contribution in [0, 0.1) is 23.3 Å². The third-order valence-corrected chi connectivity index (χ3v) is 3.11. The Morgan fingerprint density at radius 3 is 2.10 bits per heavy atom. The van der Waals surface area contributed by atoms with Crippen LogP contribution < -0.4 is 0 Å². The van der Waals surface area contributed by atoms with E-state index in [0.29, 0.717) is 17.7 Å². The summed E-state index contributed by atoms with van der Waals surface area (Å²) in [6, 6.07) is 5.31. The molecular formula is C14H9ClF4O. The number of aliphatic hydroxyl groups excluding tert-OH is 1. The fourth-order valence-corrected chi connectivity index (χ4v) is 1.89. The minimum atomic E-state index is -1.60. The Kier molecular flexibility index (Phi) is 4.30. The van der Waals surface area contributed by atoms with Gasteiger partial charge in [0.25, 0.3) is 0 Å². The van der Waals surface area contributed by atoms with E-state index in [0.717, 1.165) is 6.07 Å². The molecule has 0 heterocycles. The number of hydrogen-bond acceptors (Lipinski definition) is 1. The molecule has 2 rings (SSSR count). The first-order valence-electron chi connectivity index (χ1n) is 5.65. The maximum absolute atomic E-state index is 13.2. The predicted molar refractivity (Wildman–Crippen MR) is 66.4 cm³/mol. The zero-order valence-electron chi connectivity index (χ0n) is 10.0. The van der Waals surface area contributed by atoms with Gasteiger partial charge in [-0.25, -0.2) is 17.6 Å². The van der Waals surface area contributed by atoms with Gasteiger partial charge in [0.15, 0.2) is 17.5 Å². The number of hydrogen-bond donors (Lipinski definition) is 1. The number of aliphatic hydroxyl groups is 1. The standard InChI is InChI=1S/C14H9ClF4O/c15-9-2-1-7(3-10(9)16)4-13(20)8-5-11(17)14(19)12(18)6-8/h1-3,5-6,13,20H,4H2. The van der Waals surface area contributed by atoms with Crippen LogP contribution in [0.5, 0.6) is 0 Å². The summed E-state index contributed by atoms with van der Waals surface area (Å²) in [7, 11) is 0. The molecule has 0 radical (unpaired) electrons. The van der Waals surface area contributed by atoms with Crippen molar-refractivity contribution in [3.63, 3.8) is 0 Å². The van der Waals surface area contributed by atoms with Gasteiger partial charge in [-0.2, -0.15) is 0 Å². The van der Waals surface area contributed by atoms with Gasteiger partial charge in [0, 0.05) is 6.42 Å². The van der Waals surface area contributed by atoms with Crippen LogP contribution in [0.25, 0.3) is 0 Å². The van der Waals surface area contributed by atoms with Gasteiger partial charge in [0.1, 0.15) is 5.82 Å². The van der Waals surface area contributed by atoms with E-state index < -0.39 is 29.4 Å². The quantitative estimate of drug-likeness (QED) is 0.666. The van der Waals surface area contributed by atoms with Crippen molar-refractivity contribution in [1.29, 1.82) is 0 Å². The number of halogens is 5. The fraction of sp³-hybridized carbons (Fsp3) is 0.143. The van der Waals surface area contributed by atoms with E-state index in [1.807, 2.05) is 0 Å². The summed E-state index contributed by atoms with van der Waals surface area (Å²) in [5.41, 5.74) is 0.265. The van der Waals surface area contributed by atoms with Crippen LogP contribution in [-0.2, 0) is 6.42 Å². The van der Waals surface area contributed by atoms with Crippen molar-refractivity contribution in [3.05, 3.63) is 69.8 Å². The molecule has 20 heavy (non-hydrogen) atoms. The Balaban J connectivity index is 2.23. The second kappa shape index (κ2) is 5.81. The van der Waals surface area contributed by atoms with Crippen molar-refractivity contribution in [3.8, 4) is 0 Å². The molecule has 0 aliphatic heterocycles. The molecule has 1 unspecified atom stereocenters. The van der Waals surface area contributed by atoms with Crippen LogP contribution in [0.2, 0.25) is 5.02 Å². The zero-order chi connectivity index (χ0) is 14.9. The van der Waals surface area contributed by atoms with Crippen molar-refractivity contribution in [2.75, 3.05) is 0 Å². The first kappa shape index (κ1) is 14.8. The molecule has 0 bridgehead atoms. The number of rotatable bonds is 3. The Morgan fingerprint density at radius 2 is 1.55 bits per heavy atom. The van der Waals surface area contributed by atoms with Crippen LogP contribution >= 0.6 is 11.6 Å². The fourth-order valence-electron chi connectivity index (χ4n) is 1.78. The van der Waals surface area contributed by atoms with Gasteiger partial charge in [0.2, 0.25) is 0 Å². The van der Waals surface area contributed by atoms with Gasteiger partial charge < -0.3 is 5.11 Å². The molecule has 0 aliphatic carbocycles. The molecule has 0 spiro atoms. The molecule has 0 amide bonds. The predicted octanol–water partition coefficient (Wildman–Crippen LogP) is 4.17. The van der Waals surface area contributed by atoms with Crippen molar-refractivity contribution in [2.24, 2.45) is 0 Å². The Labute approximate surface area is 117 Å². The van der Waals surface area contributed by atoms with Crippen molar-refractivity contribution in [1.82, 2.24) is 0 Å². The smallest absolute Gasteiger partial charge is 0.194 e. The van der Waals surface area contributed by atoms with Crippen molar-refractivity contribution in [2.45, 2.75) is 12.5 Å². The molecule has 1 atom stereocenters. The van der Waals surface area contributed by atoms with E-state index in [2.05, 4.69) is 0 Å². The van der Waals surface area contributed by atoms with E-state index in [1.54, 1.807) is 0 Å². The molecule has 0 saturated carbocycles. The van der Waals surface area contributed by atoms with Gasteiger partial charge in [-0.3, -0.25) is 0 Å². The molecular weight excluding hydrogens is 296 g/mol. The maximum Gasteiger partial charge on any atom is 0.194 e. The molecule has 0 saturated heterocycles. The monoisotopic (exact) mass is 304 g/mol. The zero-order valence-corrected chi connectivity index (χ0v) is 10.8. The summed E-state index contributed by atoms with van der Waals surface area (Å²) in [4.78, 5) is 0. The first-order valence-corrected chi connectivity index (χ1v) is 6.02. The van der Waals surface area contributed by atoms with Gasteiger partial charge >= 0.3 is 0 Å². The first-order chi connectivity index (χ1) is 9.38. The Hall–Kier alpha value is -1.59. The maximum atomic E-state index is 13.2. The van der Waals surface area contributed by atoms with Crippen LogP contribution in [0.15, 0.2) is 30.3 Å². The number of benzene rings is 2. The van der Waals surface area contributed by atoms with E-state index >= 15 is 0 Å². The highest BCUT2D eigenvalue weighted by molar-refractivity contribution is 6.30. The lowest BCUT2D eigenvalue weighted by Gasteiger charge is -2.12. The Morgan fingerprint density at radius 1 is 0.950 bits per heavy atom. The summed E-state index contributed by atoms with van der Waals surface area (Å²) >= 11 is 5.51. The topological polar surface area (TPSA) is 20.2 Å². The lowest BCUT2D eigenvalue weighted by Crippen LogP contribution is -2.05. The highest BCUT2D eigenvalue weighted by Crippen LogP contribution is 2.24. The van der Waals surface area contributed by atoms with E-state index in [-0.39, 0.29) is 17.0 Å². The average molecular weight is 305 g/mol. The van der Waals surface area contributed by atoms with Gasteiger partial charge in [0.05, 0.1) is 11.1 Å². The molecule has 2 aromatic rings. The normalized spacial score (nSPS) is 12.5. The lowest BCUT2D eigenvalue weighted by molar-refractivity contribution is 0.177. The highest BCUT2D eigenvalue weighted by Gasteiger charge is 2.16. The molecule has 106 valence electrons. The molecule has 0 aromatic heterocycles. The average Bonchev–Trinajstić information content (AvgIpc) is 2.39. The second-order valence-corrected chi connectivity index (χ2v) is 4.67. The molecule has 2 aromatic carbocycles. The highest BCUT2D eigenvalue weighted by atomic mass is 35.5. The van der Waals surface area contributed by atoms with Crippen LogP contribution in [0.1, 0.15) is 17.2 Å². The Bertz CT molecular complexity index is 622. The summed E-state index contributed by atoms with van der Waals surface area (Å²) in [5.74, 6) is -5.03. The SMILES string of the molecule is OC(Cc1ccc(Cl)c(F)c1)c1cc(F)c(F)c(F)c1. The second-order valence-electron chi connectivity index (χ2n) is 4.27. The van der Waals surface area contributed by atoms with Crippen molar-refractivity contribution >= 4 is 11.6 Å². The third kappa shape index (κ3) is 3.11. The van der Waals surface area contributed by atoms with Gasteiger partial charge in [-0.05, 0) is 35.4 Å². The summed E-state index contributed by atoms with van der Waals surface area (Å²) < 4.78 is 52.1. The van der Waals surface area contributed by atoms with Crippen LogP contribution in [-0.4, -0.2) is 5.11 Å². The summed E-state index contributed by atoms with van der Waals surface area (Å²) in [6.45, 7) is 0. The summed E-state index contributed by atoms with van der Waals surface area (Å²) in [5, 5.41) is 9.80. The van der Waals surface area contributed by atoms with Gasteiger partial charge in [-0.1, -0.05) is 17.7 Å². The minimum absolute atomic E-state index is 0.0675. The third-order valence-electron chi connectivity index (χ3n) is 2.80. The molecule has 6 heteroatoms. The van der Waals surface area contributed by atoms with Gasteiger partial charge in [-0.15, -0.1) is 0 Å². The summed E-state index contributed by atoms with van der Waals surface area (Å²) in [6.07, 6.45) is -1.38.